The van der Waals surface area contributed by atoms with Gasteiger partial charge in [0.15, 0.2) is 0 Å². The van der Waals surface area contributed by atoms with Crippen molar-refractivity contribution in [2.45, 2.75) is 58.7 Å². The minimum Gasteiger partial charge on any atom is -0.494 e. The largest absolute Gasteiger partial charge is 0.494 e. The predicted molar refractivity (Wildman–Crippen MR) is 164 cm³/mol. The van der Waals surface area contributed by atoms with Crippen molar-refractivity contribution < 1.29 is 23.5 Å². The van der Waals surface area contributed by atoms with Gasteiger partial charge in [-0.3, -0.25) is 14.4 Å². The van der Waals surface area contributed by atoms with Gasteiger partial charge in [-0.15, -0.1) is 0 Å². The molecule has 1 aliphatic rings. The maximum Gasteiger partial charge on any atom is 0.247 e. The second-order valence-electron chi connectivity index (χ2n) is 11.5. The molecule has 11 nitrogen and oxygen atoms in total. The third kappa shape index (κ3) is 7.14. The zero-order valence-electron chi connectivity index (χ0n) is 25.0. The van der Waals surface area contributed by atoms with Gasteiger partial charge in [-0.05, 0) is 56.5 Å². The number of likely N-dealkylation sites (N-methyl/N-ethyl adjacent to an activating group) is 1. The molecule has 1 fully saturated rings. The summed E-state index contributed by atoms with van der Waals surface area (Å²) >= 11 is 5.89. The van der Waals surface area contributed by atoms with Crippen molar-refractivity contribution in [2.24, 2.45) is 5.41 Å². The number of rotatable bonds is 9. The third-order valence-corrected chi connectivity index (χ3v) is 7.70. The number of hydrogen-bond donors (Lipinski definition) is 4. The topological polar surface area (TPSA) is 138 Å². The summed E-state index contributed by atoms with van der Waals surface area (Å²) in [6.45, 7) is 7.70. The first-order valence-corrected chi connectivity index (χ1v) is 14.4. The van der Waals surface area contributed by atoms with Gasteiger partial charge < -0.3 is 30.9 Å². The highest BCUT2D eigenvalue weighted by Gasteiger charge is 2.42. The molecule has 43 heavy (non-hydrogen) atoms. The number of amides is 3. The van der Waals surface area contributed by atoms with E-state index in [9.17, 15) is 18.8 Å². The number of aromatic nitrogens is 2. The van der Waals surface area contributed by atoms with Crippen LogP contribution in [-0.4, -0.2) is 71.4 Å². The minimum absolute atomic E-state index is 0.163. The Morgan fingerprint density at radius 2 is 1.88 bits per heavy atom. The molecule has 3 amide bonds. The van der Waals surface area contributed by atoms with Crippen molar-refractivity contribution in [3.8, 4) is 5.75 Å². The molecule has 4 N–H and O–H groups in total. The van der Waals surface area contributed by atoms with E-state index >= 15 is 0 Å². The zero-order chi connectivity index (χ0) is 31.5. The maximum absolute atomic E-state index is 14.5. The molecule has 2 aromatic carbocycles. The molecule has 1 aliphatic heterocycles. The number of nitrogens with zero attached hydrogens (tertiary/aromatic N) is 3. The molecule has 1 unspecified atom stereocenters. The lowest BCUT2D eigenvalue weighted by molar-refractivity contribution is -0.143. The Hall–Kier alpha value is -4.03. The van der Waals surface area contributed by atoms with Crippen LogP contribution in [0.1, 0.15) is 40.5 Å². The van der Waals surface area contributed by atoms with Crippen molar-refractivity contribution in [1.82, 2.24) is 25.5 Å². The summed E-state index contributed by atoms with van der Waals surface area (Å²) < 4.78 is 20.1. The van der Waals surface area contributed by atoms with Gasteiger partial charge in [0, 0.05) is 23.0 Å². The summed E-state index contributed by atoms with van der Waals surface area (Å²) in [6, 6.07) is 5.43. The van der Waals surface area contributed by atoms with Crippen molar-refractivity contribution in [2.75, 3.05) is 31.3 Å². The van der Waals surface area contributed by atoms with Gasteiger partial charge in [-0.2, -0.15) is 0 Å². The van der Waals surface area contributed by atoms with Crippen LogP contribution < -0.4 is 26.0 Å². The standard InChI is InChI=1S/C30H37ClFN7O4/c1-16(33-5)27(40)38-25(30(2,3)4)29(42)39-11-7-8-23(39)28(41)37-22-13-18-21(14-24(22)43-6)34-15-35-26(18)36-20-10-9-17(31)12-19(20)32/h9-10,12-16,23,25,33H,7-8,11H2,1-6H3,(H,37,41)(H,38,40)(H,34,35,36)/t16-,23?,25+/m0/s1. The van der Waals surface area contributed by atoms with E-state index in [4.69, 9.17) is 16.3 Å². The number of anilines is 3. The van der Waals surface area contributed by atoms with E-state index in [1.807, 2.05) is 20.8 Å². The Balaban J connectivity index is 1.61. The summed E-state index contributed by atoms with van der Waals surface area (Å²) in [5, 5.41) is 12.4. The van der Waals surface area contributed by atoms with E-state index in [0.29, 0.717) is 47.5 Å². The van der Waals surface area contributed by atoms with Gasteiger partial charge in [0.05, 0.1) is 30.0 Å². The Bertz CT molecular complexity index is 1530. The molecule has 0 bridgehead atoms. The molecule has 13 heteroatoms. The van der Waals surface area contributed by atoms with Gasteiger partial charge in [-0.25, -0.2) is 14.4 Å². The smallest absolute Gasteiger partial charge is 0.247 e. The van der Waals surface area contributed by atoms with Crippen molar-refractivity contribution >= 4 is 57.4 Å². The van der Waals surface area contributed by atoms with Gasteiger partial charge in [0.2, 0.25) is 17.7 Å². The van der Waals surface area contributed by atoms with E-state index in [0.717, 1.165) is 0 Å². The Morgan fingerprint density at radius 3 is 2.53 bits per heavy atom. The number of carbonyl (C=O) groups is 3. The molecule has 0 radical (unpaired) electrons. The number of benzene rings is 2. The van der Waals surface area contributed by atoms with E-state index in [1.165, 1.54) is 30.5 Å². The average Bonchev–Trinajstić information content (AvgIpc) is 3.46. The molecular weight excluding hydrogens is 577 g/mol. The van der Waals surface area contributed by atoms with E-state index in [-0.39, 0.29) is 22.5 Å². The number of likely N-dealkylation sites (tertiary alicyclic amines) is 1. The van der Waals surface area contributed by atoms with E-state index in [1.54, 1.807) is 32.2 Å². The number of nitrogens with one attached hydrogen (secondary N) is 4. The number of methoxy groups -OCH3 is 1. The molecular formula is C30H37ClFN7O4. The SMILES string of the molecule is CN[C@@H](C)C(=O)N[C@H](C(=O)N1CCCC1C(=O)Nc1cc2c(Nc3ccc(Cl)cc3F)ncnc2cc1OC)C(C)(C)C. The van der Waals surface area contributed by atoms with Gasteiger partial charge in [0.25, 0.3) is 0 Å². The lowest BCUT2D eigenvalue weighted by atomic mass is 9.85. The lowest BCUT2D eigenvalue weighted by Crippen LogP contribution is -2.59. The van der Waals surface area contributed by atoms with Crippen LogP contribution in [0.5, 0.6) is 5.75 Å². The van der Waals surface area contributed by atoms with Gasteiger partial charge in [-0.1, -0.05) is 32.4 Å². The van der Waals surface area contributed by atoms with Crippen LogP contribution in [-0.2, 0) is 14.4 Å². The van der Waals surface area contributed by atoms with Crippen LogP contribution in [0.3, 0.4) is 0 Å². The molecule has 0 spiro atoms. The molecule has 0 saturated carbocycles. The third-order valence-electron chi connectivity index (χ3n) is 7.46. The van der Waals surface area contributed by atoms with E-state index < -0.39 is 35.3 Å². The average molecular weight is 614 g/mol. The first kappa shape index (κ1) is 31.9. The van der Waals surface area contributed by atoms with Crippen LogP contribution in [0.2, 0.25) is 5.02 Å². The molecule has 0 aliphatic carbocycles. The van der Waals surface area contributed by atoms with Crippen LogP contribution in [0, 0.1) is 11.2 Å². The number of halogens is 2. The normalized spacial score (nSPS) is 16.5. The van der Waals surface area contributed by atoms with Crippen LogP contribution in [0.25, 0.3) is 10.9 Å². The maximum atomic E-state index is 14.5. The zero-order valence-corrected chi connectivity index (χ0v) is 25.8. The molecule has 4 rings (SSSR count). The highest BCUT2D eigenvalue weighted by atomic mass is 35.5. The van der Waals surface area contributed by atoms with Crippen molar-refractivity contribution in [1.29, 1.82) is 0 Å². The number of ether oxygens (including phenoxy) is 1. The van der Waals surface area contributed by atoms with Gasteiger partial charge >= 0.3 is 0 Å². The Morgan fingerprint density at radius 1 is 1.14 bits per heavy atom. The van der Waals surface area contributed by atoms with E-state index in [2.05, 4.69) is 31.2 Å². The summed E-state index contributed by atoms with van der Waals surface area (Å²) in [6.07, 6.45) is 2.42. The Labute approximate surface area is 254 Å². The minimum atomic E-state index is -0.835. The first-order valence-electron chi connectivity index (χ1n) is 14.0. The summed E-state index contributed by atoms with van der Waals surface area (Å²) in [5.74, 6) is -0.931. The Kier molecular flexibility index (Phi) is 9.71. The fourth-order valence-electron chi connectivity index (χ4n) is 4.90. The number of carbonyl (C=O) groups excluding carboxylic acids is 3. The fraction of sp³-hybridized carbons (Fsp3) is 0.433. The van der Waals surface area contributed by atoms with Crippen molar-refractivity contribution in [3.63, 3.8) is 0 Å². The molecule has 3 atom stereocenters. The van der Waals surface area contributed by atoms with Crippen LogP contribution >= 0.6 is 11.6 Å². The molecule has 1 saturated heterocycles. The van der Waals surface area contributed by atoms with Gasteiger partial charge in [0.1, 0.15) is 35.8 Å². The molecule has 2 heterocycles. The van der Waals surface area contributed by atoms with Crippen LogP contribution in [0.15, 0.2) is 36.7 Å². The molecule has 230 valence electrons. The van der Waals surface area contributed by atoms with Crippen molar-refractivity contribution in [3.05, 3.63) is 47.5 Å². The number of fused-ring (bicyclic) bond motifs is 1. The van der Waals surface area contributed by atoms with Crippen LogP contribution in [0.4, 0.5) is 21.6 Å². The first-order chi connectivity index (χ1) is 20.3. The highest BCUT2D eigenvalue weighted by molar-refractivity contribution is 6.30. The lowest BCUT2D eigenvalue weighted by Gasteiger charge is -2.36. The quantitative estimate of drug-likeness (QED) is 0.281. The summed E-state index contributed by atoms with van der Waals surface area (Å²) in [5.41, 5.74) is 0.393. The summed E-state index contributed by atoms with van der Waals surface area (Å²) in [7, 11) is 3.13. The summed E-state index contributed by atoms with van der Waals surface area (Å²) in [4.78, 5) is 50.2. The molecule has 1 aromatic heterocycles. The second kappa shape index (κ2) is 13.1. The second-order valence-corrected chi connectivity index (χ2v) is 12.0. The predicted octanol–water partition coefficient (Wildman–Crippen LogP) is 4.24. The monoisotopic (exact) mass is 613 g/mol. The highest BCUT2D eigenvalue weighted by Crippen LogP contribution is 2.35. The molecule has 3 aromatic rings. The fourth-order valence-corrected chi connectivity index (χ4v) is 5.06. The number of hydrogen-bond acceptors (Lipinski definition) is 8.